The van der Waals surface area contributed by atoms with Crippen LogP contribution in [0.4, 0.5) is 0 Å². The highest BCUT2D eigenvalue weighted by Crippen LogP contribution is 2.15. The molecular formula is C4I4N2. The van der Waals surface area contributed by atoms with Crippen LogP contribution in [-0.4, -0.2) is 9.97 Å². The maximum absolute atomic E-state index is 4.27. The summed E-state index contributed by atoms with van der Waals surface area (Å²) < 4.78 is 3.90. The number of hydrogen-bond donors (Lipinski definition) is 0. The Hall–Kier alpha value is 2.00. The average molecular weight is 584 g/mol. The Morgan fingerprint density at radius 1 is 0.600 bits per heavy atom. The van der Waals surface area contributed by atoms with E-state index in [9.17, 15) is 0 Å². The first-order valence-electron chi connectivity index (χ1n) is 2.15. The van der Waals surface area contributed by atoms with Crippen LogP contribution in [0.15, 0.2) is 0 Å². The fourth-order valence-electron chi connectivity index (χ4n) is 0.357. The topological polar surface area (TPSA) is 25.8 Å². The fraction of sp³-hybridized carbons (Fsp3) is 0. The second kappa shape index (κ2) is 4.30. The van der Waals surface area contributed by atoms with E-state index in [4.69, 9.17) is 0 Å². The normalized spacial score (nSPS) is 10.0. The summed E-state index contributed by atoms with van der Waals surface area (Å²) >= 11 is 8.71. The molecule has 0 atom stereocenters. The molecule has 10 heavy (non-hydrogen) atoms. The van der Waals surface area contributed by atoms with Crippen LogP contribution in [0, 0.1) is 14.8 Å². The molecule has 1 rings (SSSR count). The van der Waals surface area contributed by atoms with E-state index in [0.29, 0.717) is 0 Å². The zero-order valence-corrected chi connectivity index (χ0v) is 13.0. The molecule has 0 unspecified atom stereocenters. The van der Waals surface area contributed by atoms with Gasteiger partial charge in [-0.25, -0.2) is 9.97 Å². The fourth-order valence-corrected chi connectivity index (χ4v) is 2.73. The Bertz CT molecular complexity index is 211. The summed E-state index contributed by atoms with van der Waals surface area (Å²) in [7, 11) is 0. The van der Waals surface area contributed by atoms with Crippen LogP contribution in [0.5, 0.6) is 0 Å². The lowest BCUT2D eigenvalue weighted by atomic mass is 10.8. The molecule has 0 amide bonds. The monoisotopic (exact) mass is 584 g/mol. The molecule has 1 aromatic rings. The summed E-state index contributed by atoms with van der Waals surface area (Å²) in [5.41, 5.74) is 0. The molecule has 0 aliphatic heterocycles. The number of nitrogens with zero attached hydrogens (tertiary/aromatic N) is 2. The third kappa shape index (κ3) is 2.50. The van der Waals surface area contributed by atoms with Gasteiger partial charge in [-0.1, -0.05) is 0 Å². The van der Waals surface area contributed by atoms with Crippen LogP contribution in [0.1, 0.15) is 0 Å². The summed E-state index contributed by atoms with van der Waals surface area (Å²) in [6.07, 6.45) is 0. The van der Waals surface area contributed by atoms with Crippen molar-refractivity contribution in [1.29, 1.82) is 0 Å². The summed E-state index contributed by atoms with van der Waals surface area (Å²) in [6, 6.07) is 0. The molecule has 0 radical (unpaired) electrons. The van der Waals surface area contributed by atoms with Crippen molar-refractivity contribution in [1.82, 2.24) is 9.97 Å². The number of rotatable bonds is 0. The lowest BCUT2D eigenvalue weighted by Gasteiger charge is -1.96. The number of hydrogen-bond acceptors (Lipinski definition) is 2. The minimum atomic E-state index is 0.975. The predicted molar refractivity (Wildman–Crippen MR) is 72.9 cm³/mol. The maximum atomic E-state index is 4.27. The van der Waals surface area contributed by atoms with E-state index in [1.165, 1.54) is 0 Å². The van der Waals surface area contributed by atoms with Crippen LogP contribution in [0.25, 0.3) is 0 Å². The van der Waals surface area contributed by atoms with Crippen molar-refractivity contribution in [2.75, 3.05) is 0 Å². The Kier molecular flexibility index (Phi) is 4.33. The molecule has 0 aliphatic carbocycles. The molecule has 54 valence electrons. The van der Waals surface area contributed by atoms with E-state index in [1.807, 2.05) is 0 Å². The zero-order valence-electron chi connectivity index (χ0n) is 4.41. The van der Waals surface area contributed by atoms with Crippen LogP contribution in [0.3, 0.4) is 0 Å². The van der Waals surface area contributed by atoms with E-state index < -0.39 is 0 Å². The largest absolute Gasteiger partial charge is 0.230 e. The highest BCUT2D eigenvalue weighted by Gasteiger charge is 2.03. The lowest BCUT2D eigenvalue weighted by Crippen LogP contribution is -1.97. The van der Waals surface area contributed by atoms with Gasteiger partial charge in [-0.15, -0.1) is 0 Å². The van der Waals surface area contributed by atoms with Crippen molar-refractivity contribution in [3.8, 4) is 0 Å². The smallest absolute Gasteiger partial charge is 0.134 e. The van der Waals surface area contributed by atoms with Gasteiger partial charge in [0, 0.05) is 0 Å². The summed E-state index contributed by atoms with van der Waals surface area (Å²) in [6.45, 7) is 0. The standard InChI is InChI=1S/C4I4N2/c5-1-2(6)10-4(8)3(7)9-1. The molecule has 6 heteroatoms. The molecule has 0 aromatic carbocycles. The SMILES string of the molecule is Ic1nc(I)c(I)nc1I. The van der Waals surface area contributed by atoms with Crippen molar-refractivity contribution < 1.29 is 0 Å². The molecule has 0 N–H and O–H groups in total. The van der Waals surface area contributed by atoms with Gasteiger partial charge in [0.2, 0.25) is 0 Å². The summed E-state index contributed by atoms with van der Waals surface area (Å²) in [4.78, 5) is 8.54. The molecule has 0 fully saturated rings. The van der Waals surface area contributed by atoms with Crippen LogP contribution < -0.4 is 0 Å². The highest BCUT2D eigenvalue weighted by molar-refractivity contribution is 14.1. The molecule has 0 aliphatic rings. The number of halogens is 4. The Morgan fingerprint density at radius 3 is 1.00 bits per heavy atom. The van der Waals surface area contributed by atoms with E-state index in [2.05, 4.69) is 100 Å². The Labute approximate surface area is 113 Å². The lowest BCUT2D eigenvalue weighted by molar-refractivity contribution is 1.05. The van der Waals surface area contributed by atoms with Gasteiger partial charge < -0.3 is 0 Å². The first-order valence-corrected chi connectivity index (χ1v) is 6.47. The number of aromatic nitrogens is 2. The van der Waals surface area contributed by atoms with Crippen molar-refractivity contribution >= 4 is 90.4 Å². The Balaban J connectivity index is 3.28. The van der Waals surface area contributed by atoms with Gasteiger partial charge in [0.25, 0.3) is 0 Å². The Morgan fingerprint density at radius 2 is 0.800 bits per heavy atom. The molecule has 0 bridgehead atoms. The van der Waals surface area contributed by atoms with Gasteiger partial charge >= 0.3 is 0 Å². The minimum absolute atomic E-state index is 0.975. The maximum Gasteiger partial charge on any atom is 0.134 e. The first-order chi connectivity index (χ1) is 4.61. The van der Waals surface area contributed by atoms with Crippen LogP contribution >= 0.6 is 90.4 Å². The van der Waals surface area contributed by atoms with Gasteiger partial charge in [0.05, 0.1) is 0 Å². The molecule has 1 heterocycles. The quantitative estimate of drug-likeness (QED) is 0.440. The minimum Gasteiger partial charge on any atom is -0.230 e. The van der Waals surface area contributed by atoms with Crippen molar-refractivity contribution in [2.24, 2.45) is 0 Å². The van der Waals surface area contributed by atoms with Crippen molar-refractivity contribution in [3.05, 3.63) is 14.8 Å². The molecule has 0 saturated heterocycles. The molecule has 2 nitrogen and oxygen atoms in total. The molecular weight excluding hydrogens is 584 g/mol. The second-order valence-electron chi connectivity index (χ2n) is 1.39. The van der Waals surface area contributed by atoms with Crippen LogP contribution in [0.2, 0.25) is 0 Å². The third-order valence-electron chi connectivity index (χ3n) is 0.733. The van der Waals surface area contributed by atoms with E-state index in [1.54, 1.807) is 0 Å². The van der Waals surface area contributed by atoms with E-state index in [0.717, 1.165) is 14.8 Å². The first kappa shape index (κ1) is 10.1. The average Bonchev–Trinajstić information content (AvgIpc) is 1.84. The van der Waals surface area contributed by atoms with E-state index >= 15 is 0 Å². The van der Waals surface area contributed by atoms with Gasteiger partial charge in [0.15, 0.2) is 0 Å². The van der Waals surface area contributed by atoms with E-state index in [-0.39, 0.29) is 0 Å². The van der Waals surface area contributed by atoms with Gasteiger partial charge in [-0.3, -0.25) is 0 Å². The van der Waals surface area contributed by atoms with Gasteiger partial charge in [0.1, 0.15) is 14.8 Å². The molecule has 0 saturated carbocycles. The van der Waals surface area contributed by atoms with Crippen molar-refractivity contribution in [2.45, 2.75) is 0 Å². The zero-order chi connectivity index (χ0) is 7.72. The van der Waals surface area contributed by atoms with Crippen LogP contribution in [-0.2, 0) is 0 Å². The molecule has 1 aromatic heterocycles. The van der Waals surface area contributed by atoms with Crippen molar-refractivity contribution in [3.63, 3.8) is 0 Å². The highest BCUT2D eigenvalue weighted by atomic mass is 127. The summed E-state index contributed by atoms with van der Waals surface area (Å²) in [5.74, 6) is 0. The van der Waals surface area contributed by atoms with Gasteiger partial charge in [-0.05, 0) is 90.4 Å². The predicted octanol–water partition coefficient (Wildman–Crippen LogP) is 2.90. The summed E-state index contributed by atoms with van der Waals surface area (Å²) in [5, 5.41) is 0. The third-order valence-corrected chi connectivity index (χ3v) is 5.81. The second-order valence-corrected chi connectivity index (χ2v) is 5.47. The molecule has 0 spiro atoms. The van der Waals surface area contributed by atoms with Gasteiger partial charge in [-0.2, -0.15) is 0 Å².